The lowest BCUT2D eigenvalue weighted by atomic mass is 9.84. The Morgan fingerprint density at radius 1 is 1.04 bits per heavy atom. The summed E-state index contributed by atoms with van der Waals surface area (Å²) in [4.78, 5) is 16.7. The number of hydrogen-bond acceptors (Lipinski definition) is 3. The Morgan fingerprint density at radius 2 is 1.64 bits per heavy atom. The average molecular weight is 385 g/mol. The summed E-state index contributed by atoms with van der Waals surface area (Å²) < 4.78 is 18.3. The first-order valence-electron chi connectivity index (χ1n) is 9.57. The van der Waals surface area contributed by atoms with Crippen molar-refractivity contribution in [3.05, 3.63) is 59.9 Å². The Kier molecular flexibility index (Phi) is 6.07. The van der Waals surface area contributed by atoms with E-state index in [9.17, 15) is 9.18 Å². The Balaban J connectivity index is 1.50. The first-order valence-corrected chi connectivity index (χ1v) is 9.57. The normalized spacial score (nSPS) is 14.7. The predicted octanol–water partition coefficient (Wildman–Crippen LogP) is 3.64. The fourth-order valence-electron chi connectivity index (χ4n) is 3.37. The summed E-state index contributed by atoms with van der Waals surface area (Å²) in [5, 5.41) is 3.03. The zero-order chi connectivity index (χ0) is 20.1. The van der Waals surface area contributed by atoms with Crippen LogP contribution in [0.2, 0.25) is 0 Å². The number of nitrogens with zero attached hydrogens (tertiary/aromatic N) is 2. The predicted molar refractivity (Wildman–Crippen MR) is 110 cm³/mol. The number of ether oxygens (including phenoxy) is 1. The molecule has 1 heterocycles. The third-order valence-electron chi connectivity index (χ3n) is 5.31. The highest BCUT2D eigenvalue weighted by Gasteiger charge is 2.25. The lowest BCUT2D eigenvalue weighted by Gasteiger charge is -2.36. The molecule has 5 nitrogen and oxygen atoms in total. The van der Waals surface area contributed by atoms with Crippen LogP contribution in [0.25, 0.3) is 0 Å². The number of amides is 2. The number of halogens is 1. The average Bonchev–Trinajstić information content (AvgIpc) is 2.72. The number of anilines is 1. The molecule has 2 aromatic carbocycles. The number of urea groups is 1. The molecule has 2 amide bonds. The van der Waals surface area contributed by atoms with Gasteiger partial charge in [-0.05, 0) is 42.0 Å². The fraction of sp³-hybridized carbons (Fsp3) is 0.409. The van der Waals surface area contributed by atoms with Crippen LogP contribution < -0.4 is 15.0 Å². The van der Waals surface area contributed by atoms with Crippen LogP contribution in [0.4, 0.5) is 14.9 Å². The summed E-state index contributed by atoms with van der Waals surface area (Å²) in [5.74, 6) is 0.587. The van der Waals surface area contributed by atoms with Crippen molar-refractivity contribution in [2.24, 2.45) is 0 Å². The highest BCUT2D eigenvalue weighted by Crippen LogP contribution is 2.23. The van der Waals surface area contributed by atoms with E-state index in [0.717, 1.165) is 30.1 Å². The van der Waals surface area contributed by atoms with Gasteiger partial charge in [0.2, 0.25) is 0 Å². The largest absolute Gasteiger partial charge is 0.497 e. The monoisotopic (exact) mass is 385 g/mol. The van der Waals surface area contributed by atoms with E-state index in [0.29, 0.717) is 19.6 Å². The minimum atomic E-state index is -0.270. The van der Waals surface area contributed by atoms with Crippen LogP contribution in [-0.4, -0.2) is 50.8 Å². The quantitative estimate of drug-likeness (QED) is 0.855. The molecule has 2 aromatic rings. The van der Waals surface area contributed by atoms with Crippen LogP contribution in [-0.2, 0) is 5.41 Å². The van der Waals surface area contributed by atoms with E-state index < -0.39 is 0 Å². The number of piperazine rings is 1. The summed E-state index contributed by atoms with van der Waals surface area (Å²) in [7, 11) is 1.66. The Bertz CT molecular complexity index is 782. The molecule has 150 valence electrons. The standard InChI is InChI=1S/C22H28FN3O2/c1-22(2,17-4-6-18(23)7-5-17)16-24-21(27)26-14-12-25(13-15-26)19-8-10-20(28-3)11-9-19/h4-11H,12-16H2,1-3H3,(H,24,27). The number of carbonyl (C=O) groups excluding carboxylic acids is 1. The van der Waals surface area contributed by atoms with Crippen molar-refractivity contribution < 1.29 is 13.9 Å². The SMILES string of the molecule is COc1ccc(N2CCN(C(=O)NCC(C)(C)c3ccc(F)cc3)CC2)cc1. The molecule has 0 aliphatic carbocycles. The smallest absolute Gasteiger partial charge is 0.317 e. The molecule has 6 heteroatoms. The van der Waals surface area contributed by atoms with Gasteiger partial charge in [0.25, 0.3) is 0 Å². The second-order valence-corrected chi connectivity index (χ2v) is 7.72. The summed E-state index contributed by atoms with van der Waals surface area (Å²) in [6.45, 7) is 7.52. The molecule has 1 fully saturated rings. The summed E-state index contributed by atoms with van der Waals surface area (Å²) in [5.41, 5.74) is 1.87. The van der Waals surface area contributed by atoms with Crippen LogP contribution in [0.5, 0.6) is 5.75 Å². The van der Waals surface area contributed by atoms with Gasteiger partial charge >= 0.3 is 6.03 Å². The topological polar surface area (TPSA) is 44.8 Å². The molecule has 0 bridgehead atoms. The zero-order valence-corrected chi connectivity index (χ0v) is 16.7. The van der Waals surface area contributed by atoms with Crippen molar-refractivity contribution in [3.63, 3.8) is 0 Å². The first kappa shape index (κ1) is 20.0. The Labute approximate surface area is 166 Å². The minimum Gasteiger partial charge on any atom is -0.497 e. The maximum atomic E-state index is 13.1. The van der Waals surface area contributed by atoms with E-state index in [-0.39, 0.29) is 17.3 Å². The second kappa shape index (κ2) is 8.50. The van der Waals surface area contributed by atoms with Gasteiger partial charge in [0.1, 0.15) is 11.6 Å². The van der Waals surface area contributed by atoms with Gasteiger partial charge in [-0.15, -0.1) is 0 Å². The zero-order valence-electron chi connectivity index (χ0n) is 16.7. The molecule has 3 rings (SSSR count). The van der Waals surface area contributed by atoms with Gasteiger partial charge in [-0.2, -0.15) is 0 Å². The first-order chi connectivity index (χ1) is 13.4. The Morgan fingerprint density at radius 3 is 2.21 bits per heavy atom. The summed E-state index contributed by atoms with van der Waals surface area (Å²) in [6.07, 6.45) is 0. The molecule has 0 radical (unpaired) electrons. The molecule has 0 spiro atoms. The molecule has 0 aromatic heterocycles. The maximum Gasteiger partial charge on any atom is 0.317 e. The molecule has 0 saturated carbocycles. The van der Waals surface area contributed by atoms with Gasteiger partial charge in [0.05, 0.1) is 7.11 Å². The molecule has 1 aliphatic heterocycles. The van der Waals surface area contributed by atoms with E-state index in [1.165, 1.54) is 12.1 Å². The summed E-state index contributed by atoms with van der Waals surface area (Å²) >= 11 is 0. The van der Waals surface area contributed by atoms with Crippen molar-refractivity contribution in [2.45, 2.75) is 19.3 Å². The fourth-order valence-corrected chi connectivity index (χ4v) is 3.37. The van der Waals surface area contributed by atoms with E-state index in [1.54, 1.807) is 19.2 Å². The molecular weight excluding hydrogens is 357 g/mol. The molecule has 0 unspecified atom stereocenters. The molecule has 1 N–H and O–H groups in total. The molecule has 28 heavy (non-hydrogen) atoms. The minimum absolute atomic E-state index is 0.0513. The number of nitrogens with one attached hydrogen (secondary N) is 1. The third kappa shape index (κ3) is 4.74. The van der Waals surface area contributed by atoms with Crippen LogP contribution >= 0.6 is 0 Å². The number of benzene rings is 2. The second-order valence-electron chi connectivity index (χ2n) is 7.72. The molecule has 1 saturated heterocycles. The van der Waals surface area contributed by atoms with Gasteiger partial charge in [-0.1, -0.05) is 26.0 Å². The van der Waals surface area contributed by atoms with Crippen molar-refractivity contribution in [1.82, 2.24) is 10.2 Å². The van der Waals surface area contributed by atoms with Gasteiger partial charge in [0.15, 0.2) is 0 Å². The van der Waals surface area contributed by atoms with Crippen LogP contribution in [0.1, 0.15) is 19.4 Å². The summed E-state index contributed by atoms with van der Waals surface area (Å²) in [6, 6.07) is 14.4. The third-order valence-corrected chi connectivity index (χ3v) is 5.31. The highest BCUT2D eigenvalue weighted by molar-refractivity contribution is 5.74. The van der Waals surface area contributed by atoms with Crippen LogP contribution in [0.3, 0.4) is 0 Å². The maximum absolute atomic E-state index is 13.1. The van der Waals surface area contributed by atoms with E-state index in [1.807, 2.05) is 43.0 Å². The molecule has 1 aliphatic rings. The van der Waals surface area contributed by atoms with Crippen molar-refractivity contribution in [1.29, 1.82) is 0 Å². The van der Waals surface area contributed by atoms with Crippen molar-refractivity contribution in [2.75, 3.05) is 44.7 Å². The van der Waals surface area contributed by atoms with E-state index >= 15 is 0 Å². The molecule has 0 atom stereocenters. The van der Waals surface area contributed by atoms with Gasteiger partial charge in [0, 0.05) is 43.8 Å². The van der Waals surface area contributed by atoms with Gasteiger partial charge < -0.3 is 19.9 Å². The Hall–Kier alpha value is -2.76. The van der Waals surface area contributed by atoms with E-state index in [4.69, 9.17) is 4.74 Å². The van der Waals surface area contributed by atoms with Crippen LogP contribution in [0.15, 0.2) is 48.5 Å². The lowest BCUT2D eigenvalue weighted by molar-refractivity contribution is 0.192. The van der Waals surface area contributed by atoms with Gasteiger partial charge in [-0.25, -0.2) is 9.18 Å². The number of hydrogen-bond donors (Lipinski definition) is 1. The van der Waals surface area contributed by atoms with Crippen molar-refractivity contribution in [3.8, 4) is 5.75 Å². The van der Waals surface area contributed by atoms with Crippen LogP contribution in [0, 0.1) is 5.82 Å². The van der Waals surface area contributed by atoms with E-state index in [2.05, 4.69) is 10.2 Å². The number of carbonyl (C=O) groups is 1. The number of methoxy groups -OCH3 is 1. The van der Waals surface area contributed by atoms with Crippen molar-refractivity contribution >= 4 is 11.7 Å². The highest BCUT2D eigenvalue weighted by atomic mass is 19.1. The molecular formula is C22H28FN3O2. The number of rotatable bonds is 5. The van der Waals surface area contributed by atoms with Gasteiger partial charge in [-0.3, -0.25) is 0 Å². The lowest BCUT2D eigenvalue weighted by Crippen LogP contribution is -2.53.